The van der Waals surface area contributed by atoms with Crippen molar-refractivity contribution < 1.29 is 62.3 Å². The summed E-state index contributed by atoms with van der Waals surface area (Å²) >= 11 is 1.45. The molecule has 22 N–H and O–H groups in total. The molecule has 0 aliphatic carbocycles. The Bertz CT molecular complexity index is 2960. The fraction of sp³-hybridized carbons (Fsp3) is 0.587. The largest absolute Gasteiger partial charge is 0.370 e. The van der Waals surface area contributed by atoms with E-state index in [0.717, 1.165) is 0 Å². The zero-order chi connectivity index (χ0) is 70.1. The molecule has 524 valence electrons. The first-order valence-electron chi connectivity index (χ1n) is 32.2. The molecule has 10 atom stereocenters. The summed E-state index contributed by atoms with van der Waals surface area (Å²) < 4.78 is 0. The smallest absolute Gasteiger partial charge is 0.245 e. The van der Waals surface area contributed by atoms with Gasteiger partial charge in [-0.05, 0) is 119 Å². The predicted octanol–water partition coefficient (Wildman–Crippen LogP) is -3.71. The van der Waals surface area contributed by atoms with E-state index in [2.05, 4.69) is 47.5 Å². The van der Waals surface area contributed by atoms with Crippen LogP contribution in [0.5, 0.6) is 0 Å². The van der Waals surface area contributed by atoms with Crippen molar-refractivity contribution in [3.05, 3.63) is 71.8 Å². The third-order valence-electron chi connectivity index (χ3n) is 16.0. The number of nitrogens with zero attached hydrogens (tertiary/aromatic N) is 3. The summed E-state index contributed by atoms with van der Waals surface area (Å²) in [4.78, 5) is 185. The van der Waals surface area contributed by atoms with Crippen molar-refractivity contribution in [1.82, 2.24) is 52.3 Å². The molecule has 0 aromatic heterocycles. The number of aliphatic imine (C=N–C) groups is 1. The van der Waals surface area contributed by atoms with Gasteiger partial charge < -0.3 is 92.5 Å². The Morgan fingerprint density at radius 1 is 0.537 bits per heavy atom. The third kappa shape index (κ3) is 27.5. The van der Waals surface area contributed by atoms with Gasteiger partial charge in [-0.2, -0.15) is 11.8 Å². The van der Waals surface area contributed by atoms with Gasteiger partial charge in [0.1, 0.15) is 54.4 Å². The summed E-state index contributed by atoms with van der Waals surface area (Å²) in [6.07, 6.45) is 3.12. The van der Waals surface area contributed by atoms with Gasteiger partial charge >= 0.3 is 0 Å². The maximum absolute atomic E-state index is 14.7. The van der Waals surface area contributed by atoms with Gasteiger partial charge in [-0.25, -0.2) is 0 Å². The van der Waals surface area contributed by atoms with E-state index in [1.165, 1.54) is 21.6 Å². The molecule has 2 aliphatic rings. The van der Waals surface area contributed by atoms with Gasteiger partial charge in [-0.15, -0.1) is 0 Å². The van der Waals surface area contributed by atoms with Crippen LogP contribution in [0.2, 0.25) is 0 Å². The number of primary amides is 3. The van der Waals surface area contributed by atoms with Gasteiger partial charge in [0.25, 0.3) is 0 Å². The lowest BCUT2D eigenvalue weighted by Crippen LogP contribution is -2.60. The molecule has 32 heteroatoms. The molecule has 2 heterocycles. The number of benzene rings is 2. The number of thioether (sulfide) groups is 1. The lowest BCUT2D eigenvalue weighted by atomic mass is 10.0. The zero-order valence-corrected chi connectivity index (χ0v) is 55.3. The van der Waals surface area contributed by atoms with Crippen molar-refractivity contribution >= 4 is 94.5 Å². The van der Waals surface area contributed by atoms with Gasteiger partial charge in [-0.3, -0.25) is 67.3 Å². The Morgan fingerprint density at radius 3 is 1.51 bits per heavy atom. The number of guanidine groups is 1. The molecule has 0 saturated carbocycles. The van der Waals surface area contributed by atoms with Crippen LogP contribution in [0, 0.1) is 5.92 Å². The fourth-order valence-corrected chi connectivity index (χ4v) is 11.5. The van der Waals surface area contributed by atoms with Crippen LogP contribution < -0.4 is 82.7 Å². The Labute approximate surface area is 558 Å². The predicted molar refractivity (Wildman–Crippen MR) is 356 cm³/mol. The average molecular weight is 1350 g/mol. The first-order valence-corrected chi connectivity index (χ1v) is 33.6. The van der Waals surface area contributed by atoms with Crippen LogP contribution in [0.3, 0.4) is 0 Å². The highest BCUT2D eigenvalue weighted by Gasteiger charge is 2.42. The Balaban J connectivity index is 1.56. The number of nitrogens with two attached hydrogens (primary N) is 7. The van der Waals surface area contributed by atoms with E-state index in [4.69, 9.17) is 40.1 Å². The summed E-state index contributed by atoms with van der Waals surface area (Å²) in [6, 6.07) is 4.51. The molecular weight excluding hydrogens is 1250 g/mol. The lowest BCUT2D eigenvalue weighted by molar-refractivity contribution is -0.144. The summed E-state index contributed by atoms with van der Waals surface area (Å²) in [6.45, 7) is 3.86. The van der Waals surface area contributed by atoms with Crippen molar-refractivity contribution in [2.75, 3.05) is 44.7 Å². The minimum Gasteiger partial charge on any atom is -0.370 e. The molecule has 2 fully saturated rings. The van der Waals surface area contributed by atoms with Crippen LogP contribution >= 0.6 is 11.8 Å². The normalized spacial score (nSPS) is 16.8. The summed E-state index contributed by atoms with van der Waals surface area (Å²) in [7, 11) is 0. The van der Waals surface area contributed by atoms with Crippen molar-refractivity contribution in [2.45, 2.75) is 183 Å². The number of hydrogen-bond acceptors (Lipinski definition) is 17. The quantitative estimate of drug-likeness (QED) is 0.0173. The summed E-state index contributed by atoms with van der Waals surface area (Å²) in [5.41, 5.74) is 40.6. The van der Waals surface area contributed by atoms with E-state index < -0.39 is 169 Å². The molecule has 2 aromatic carbocycles. The minimum atomic E-state index is -1.64. The van der Waals surface area contributed by atoms with E-state index in [1.807, 2.05) is 20.1 Å². The molecule has 0 radical (unpaired) electrons. The van der Waals surface area contributed by atoms with Crippen LogP contribution in [-0.4, -0.2) is 198 Å². The average Bonchev–Trinajstić information content (AvgIpc) is 1.74. The van der Waals surface area contributed by atoms with Crippen molar-refractivity contribution in [1.29, 1.82) is 0 Å². The minimum absolute atomic E-state index is 0.0736. The van der Waals surface area contributed by atoms with Crippen molar-refractivity contribution in [3.63, 3.8) is 0 Å². The molecule has 13 amide bonds. The number of unbranched alkanes of at least 4 members (excludes halogenated alkanes) is 1. The topological polar surface area (TPSA) is 519 Å². The number of likely N-dealkylation sites (tertiary alicyclic amines) is 2. The maximum Gasteiger partial charge on any atom is 0.245 e. The van der Waals surface area contributed by atoms with Gasteiger partial charge in [0, 0.05) is 45.3 Å². The second-order valence-corrected chi connectivity index (χ2v) is 25.1. The highest BCUT2D eigenvalue weighted by Crippen LogP contribution is 2.24. The molecule has 2 saturated heterocycles. The summed E-state index contributed by atoms with van der Waals surface area (Å²) in [5.74, 6) is -9.80. The van der Waals surface area contributed by atoms with Crippen LogP contribution in [0.4, 0.5) is 0 Å². The molecule has 0 bridgehead atoms. The Kier molecular flexibility index (Phi) is 33.9. The fourth-order valence-electron chi connectivity index (χ4n) is 11.0. The Morgan fingerprint density at radius 2 is 1.01 bits per heavy atom. The number of nitrogens with one attached hydrogen (secondary N) is 8. The van der Waals surface area contributed by atoms with E-state index in [-0.39, 0.29) is 83.0 Å². The van der Waals surface area contributed by atoms with Crippen LogP contribution in [0.15, 0.2) is 65.7 Å². The van der Waals surface area contributed by atoms with E-state index in [0.29, 0.717) is 55.4 Å². The van der Waals surface area contributed by atoms with Crippen LogP contribution in [0.1, 0.15) is 121 Å². The first-order chi connectivity index (χ1) is 45.2. The van der Waals surface area contributed by atoms with E-state index >= 15 is 0 Å². The first kappa shape index (κ1) is 78.5. The second kappa shape index (κ2) is 41.0. The number of rotatable bonds is 42. The number of carbonyl (C=O) groups is 13. The molecular formula is C63H98N18O13S. The van der Waals surface area contributed by atoms with E-state index in [9.17, 15) is 62.3 Å². The highest BCUT2D eigenvalue weighted by atomic mass is 32.2. The van der Waals surface area contributed by atoms with Crippen molar-refractivity contribution in [3.8, 4) is 0 Å². The summed E-state index contributed by atoms with van der Waals surface area (Å²) in [5, 5.41) is 21.1. The molecule has 31 nitrogen and oxygen atoms in total. The molecule has 0 unspecified atom stereocenters. The maximum atomic E-state index is 14.7. The van der Waals surface area contributed by atoms with E-state index in [1.54, 1.807) is 60.7 Å². The zero-order valence-electron chi connectivity index (χ0n) is 54.5. The number of amides is 13. The number of carbonyl (C=O) groups excluding carboxylic acids is 13. The molecule has 4 rings (SSSR count). The van der Waals surface area contributed by atoms with Crippen LogP contribution in [0.25, 0.3) is 0 Å². The SMILES string of the molecule is CSCC[C@H](NC(=O)[C@@H](CC(C)C)NC(=O)CNC(=O)[C@H](Cc1ccccc1)NC(=O)[C@@H](Cc1ccccc1)NC(=O)[C@H](CCC(N)=O)NC(=O)[C@@H](CCC(N)=O)NC(=O)[C@H]1CCCN1C(=O)[C@@H](CCCCN)NC(=O)[C@H]1CCCN1C(=O)[C@H](N)CCCN=C(N)N)C(N)=O. The van der Waals surface area contributed by atoms with Gasteiger partial charge in [0.2, 0.25) is 76.8 Å². The lowest BCUT2D eigenvalue weighted by Gasteiger charge is -2.32. The van der Waals surface area contributed by atoms with Crippen LogP contribution in [-0.2, 0) is 75.2 Å². The molecule has 95 heavy (non-hydrogen) atoms. The van der Waals surface area contributed by atoms with Gasteiger partial charge in [-0.1, -0.05) is 74.5 Å². The molecule has 2 aliphatic heterocycles. The van der Waals surface area contributed by atoms with Crippen molar-refractivity contribution in [2.24, 2.45) is 51.0 Å². The number of hydrogen-bond donors (Lipinski definition) is 15. The molecule has 2 aromatic rings. The Hall–Kier alpha value is -8.91. The highest BCUT2D eigenvalue weighted by molar-refractivity contribution is 7.98. The van der Waals surface area contributed by atoms with Gasteiger partial charge in [0.05, 0.1) is 12.6 Å². The molecule has 0 spiro atoms. The standard InChI is InChI=1S/C63H98N18O13S/c1-37(2)33-45(57(89)74-41(53(68)85)27-32-95-3)73-52(84)36-72-54(86)46(34-38-15-6-4-7-16-38)78-58(90)47(35-39-17-8-5-9-18-39)79-56(88)42(23-25-50(66)82)75-55(87)43(24-26-51(67)83)76-59(91)49-22-14-31-81(49)62(94)44(20-10-11-28-64)77-60(92)48-21-13-30-80(48)61(93)40(65)19-12-29-71-63(69)70/h4-9,15-18,37,40-49H,10-14,19-36,64-65H2,1-3H3,(H2,66,82)(H2,67,83)(H2,68,85)(H,72,86)(H,73,84)(H,74,89)(H,75,87)(H,76,91)(H,77,92)(H,78,90)(H,79,88)(H4,69,70,71)/t40-,41+,42+,43-,44-,45-,46+,47-,48-,49-/m1/s1. The third-order valence-corrected chi connectivity index (χ3v) is 16.7. The monoisotopic (exact) mass is 1350 g/mol. The van der Waals surface area contributed by atoms with Gasteiger partial charge in [0.15, 0.2) is 5.96 Å². The second-order valence-electron chi connectivity index (χ2n) is 24.1.